The highest BCUT2D eigenvalue weighted by Crippen LogP contribution is 2.26. The molecule has 0 aliphatic carbocycles. The number of carbonyl (C=O) groups excluding carboxylic acids is 1. The largest absolute Gasteiger partial charge is 0.496 e. The van der Waals surface area contributed by atoms with Gasteiger partial charge in [0.05, 0.1) is 17.7 Å². The first-order valence-electron chi connectivity index (χ1n) is 3.60. The summed E-state index contributed by atoms with van der Waals surface area (Å²) < 4.78 is 17.8. The Morgan fingerprint density at radius 3 is 2.62 bits per heavy atom. The Labute approximate surface area is 80.3 Å². The van der Waals surface area contributed by atoms with Crippen LogP contribution in [0.2, 0.25) is 5.02 Å². The number of hydrogen-bond donors (Lipinski definition) is 0. The van der Waals surface area contributed by atoms with Gasteiger partial charge in [-0.2, -0.15) is 0 Å². The molecule has 0 saturated carbocycles. The first kappa shape index (κ1) is 9.99. The van der Waals surface area contributed by atoms with E-state index in [1.165, 1.54) is 20.1 Å². The quantitative estimate of drug-likeness (QED) is 0.690. The standard InChI is InChI=1S/C9H8ClFO2/c1-5(12)6-3-8(11)7(10)4-9(6)13-2/h3-4H,1-2H3. The van der Waals surface area contributed by atoms with Crippen LogP contribution in [0.4, 0.5) is 4.39 Å². The van der Waals surface area contributed by atoms with Crippen molar-refractivity contribution in [3.63, 3.8) is 0 Å². The number of halogens is 2. The summed E-state index contributed by atoms with van der Waals surface area (Å²) in [6.07, 6.45) is 0. The van der Waals surface area contributed by atoms with Crippen molar-refractivity contribution in [1.29, 1.82) is 0 Å². The van der Waals surface area contributed by atoms with Crippen molar-refractivity contribution in [2.24, 2.45) is 0 Å². The first-order chi connectivity index (χ1) is 6.06. The fraction of sp³-hybridized carbons (Fsp3) is 0.222. The predicted octanol–water partition coefficient (Wildman–Crippen LogP) is 2.69. The maximum atomic E-state index is 12.9. The van der Waals surface area contributed by atoms with Crippen molar-refractivity contribution in [3.8, 4) is 5.75 Å². The number of methoxy groups -OCH3 is 1. The fourth-order valence-electron chi connectivity index (χ4n) is 0.973. The zero-order chi connectivity index (χ0) is 10.0. The molecule has 2 nitrogen and oxygen atoms in total. The lowest BCUT2D eigenvalue weighted by atomic mass is 10.1. The topological polar surface area (TPSA) is 26.3 Å². The van der Waals surface area contributed by atoms with Gasteiger partial charge in [0.1, 0.15) is 11.6 Å². The van der Waals surface area contributed by atoms with E-state index in [1.54, 1.807) is 0 Å². The molecule has 13 heavy (non-hydrogen) atoms. The maximum Gasteiger partial charge on any atom is 0.163 e. The SMILES string of the molecule is COc1cc(Cl)c(F)cc1C(C)=O. The Bertz CT molecular complexity index is 350. The van der Waals surface area contributed by atoms with Crippen molar-refractivity contribution in [1.82, 2.24) is 0 Å². The lowest BCUT2D eigenvalue weighted by Gasteiger charge is -2.06. The second-order valence-corrected chi connectivity index (χ2v) is 2.93. The van der Waals surface area contributed by atoms with Crippen LogP contribution in [-0.4, -0.2) is 12.9 Å². The average molecular weight is 203 g/mol. The molecule has 1 aromatic carbocycles. The molecule has 0 atom stereocenters. The number of rotatable bonds is 2. The number of Topliss-reactive ketones (excluding diaryl/α,β-unsaturated/α-hetero) is 1. The Morgan fingerprint density at radius 2 is 2.15 bits per heavy atom. The van der Waals surface area contributed by atoms with Crippen LogP contribution < -0.4 is 4.74 Å². The normalized spacial score (nSPS) is 9.85. The zero-order valence-corrected chi connectivity index (χ0v) is 7.98. The third-order valence-corrected chi connectivity index (χ3v) is 1.91. The van der Waals surface area contributed by atoms with E-state index in [9.17, 15) is 9.18 Å². The summed E-state index contributed by atoms with van der Waals surface area (Å²) in [6, 6.07) is 2.36. The van der Waals surface area contributed by atoms with Gasteiger partial charge in [-0.1, -0.05) is 11.6 Å². The molecule has 0 aliphatic heterocycles. The van der Waals surface area contributed by atoms with Crippen LogP contribution >= 0.6 is 11.6 Å². The van der Waals surface area contributed by atoms with Gasteiger partial charge in [-0.15, -0.1) is 0 Å². The van der Waals surface area contributed by atoms with Crippen LogP contribution in [-0.2, 0) is 0 Å². The van der Waals surface area contributed by atoms with Crippen LogP contribution in [0.5, 0.6) is 5.75 Å². The van der Waals surface area contributed by atoms with Gasteiger partial charge in [-0.3, -0.25) is 4.79 Å². The number of carbonyl (C=O) groups is 1. The highest BCUT2D eigenvalue weighted by atomic mass is 35.5. The highest BCUT2D eigenvalue weighted by molar-refractivity contribution is 6.31. The summed E-state index contributed by atoms with van der Waals surface area (Å²) >= 11 is 5.50. The van der Waals surface area contributed by atoms with E-state index in [0.29, 0.717) is 5.75 Å². The molecule has 0 aliphatic rings. The Kier molecular flexibility index (Phi) is 2.88. The molecule has 0 unspecified atom stereocenters. The van der Waals surface area contributed by atoms with Gasteiger partial charge in [0.2, 0.25) is 0 Å². The van der Waals surface area contributed by atoms with E-state index in [-0.39, 0.29) is 16.4 Å². The molecule has 0 amide bonds. The van der Waals surface area contributed by atoms with Gasteiger partial charge in [0.15, 0.2) is 5.78 Å². The smallest absolute Gasteiger partial charge is 0.163 e. The van der Waals surface area contributed by atoms with Crippen LogP contribution in [0.3, 0.4) is 0 Å². The van der Waals surface area contributed by atoms with Crippen molar-refractivity contribution < 1.29 is 13.9 Å². The van der Waals surface area contributed by atoms with Gasteiger partial charge in [-0.05, 0) is 13.0 Å². The first-order valence-corrected chi connectivity index (χ1v) is 3.98. The molecule has 0 radical (unpaired) electrons. The molecule has 0 heterocycles. The number of hydrogen-bond acceptors (Lipinski definition) is 2. The molecule has 0 aromatic heterocycles. The molecule has 0 spiro atoms. The Balaban J connectivity index is 3.33. The summed E-state index contributed by atoms with van der Waals surface area (Å²) in [6.45, 7) is 1.34. The number of ketones is 1. The number of ether oxygens (including phenoxy) is 1. The predicted molar refractivity (Wildman–Crippen MR) is 48.0 cm³/mol. The minimum atomic E-state index is -0.618. The summed E-state index contributed by atoms with van der Waals surface area (Å²) in [4.78, 5) is 11.0. The van der Waals surface area contributed by atoms with Crippen LogP contribution in [0.15, 0.2) is 12.1 Å². The van der Waals surface area contributed by atoms with Gasteiger partial charge < -0.3 is 4.74 Å². The Hall–Kier alpha value is -1.09. The summed E-state index contributed by atoms with van der Waals surface area (Å²) in [5, 5.41) is -0.0538. The third kappa shape index (κ3) is 1.98. The van der Waals surface area contributed by atoms with Gasteiger partial charge >= 0.3 is 0 Å². The Morgan fingerprint density at radius 1 is 1.54 bits per heavy atom. The second kappa shape index (κ2) is 3.75. The maximum absolute atomic E-state index is 12.9. The summed E-state index contributed by atoms with van der Waals surface area (Å²) in [5.74, 6) is -0.584. The zero-order valence-electron chi connectivity index (χ0n) is 7.23. The summed E-state index contributed by atoms with van der Waals surface area (Å²) in [5.41, 5.74) is 0.199. The van der Waals surface area contributed by atoms with E-state index < -0.39 is 5.82 Å². The molecular formula is C9H8ClFO2. The van der Waals surface area contributed by atoms with Crippen molar-refractivity contribution >= 4 is 17.4 Å². The van der Waals surface area contributed by atoms with Crippen molar-refractivity contribution in [2.45, 2.75) is 6.92 Å². The lowest BCUT2D eigenvalue weighted by Crippen LogP contribution is -1.98. The second-order valence-electron chi connectivity index (χ2n) is 2.52. The van der Waals surface area contributed by atoms with E-state index in [2.05, 4.69) is 0 Å². The molecular weight excluding hydrogens is 195 g/mol. The van der Waals surface area contributed by atoms with Crippen molar-refractivity contribution in [3.05, 3.63) is 28.5 Å². The molecule has 1 aromatic rings. The monoisotopic (exact) mass is 202 g/mol. The van der Waals surface area contributed by atoms with E-state index >= 15 is 0 Å². The van der Waals surface area contributed by atoms with Crippen molar-refractivity contribution in [2.75, 3.05) is 7.11 Å². The fourth-order valence-corrected chi connectivity index (χ4v) is 1.13. The molecule has 0 bridgehead atoms. The number of benzene rings is 1. The van der Waals surface area contributed by atoms with Crippen LogP contribution in [0.1, 0.15) is 17.3 Å². The summed E-state index contributed by atoms with van der Waals surface area (Å²) in [7, 11) is 1.40. The van der Waals surface area contributed by atoms with Crippen LogP contribution in [0.25, 0.3) is 0 Å². The average Bonchev–Trinajstić information content (AvgIpc) is 2.08. The van der Waals surface area contributed by atoms with E-state index in [4.69, 9.17) is 16.3 Å². The molecule has 0 saturated heterocycles. The van der Waals surface area contributed by atoms with Gasteiger partial charge in [0, 0.05) is 6.07 Å². The molecule has 70 valence electrons. The third-order valence-electron chi connectivity index (χ3n) is 1.62. The van der Waals surface area contributed by atoms with E-state index in [0.717, 1.165) is 6.07 Å². The molecule has 0 N–H and O–H groups in total. The minimum Gasteiger partial charge on any atom is -0.496 e. The van der Waals surface area contributed by atoms with Gasteiger partial charge in [0.25, 0.3) is 0 Å². The molecule has 0 fully saturated rings. The minimum absolute atomic E-state index is 0.0538. The highest BCUT2D eigenvalue weighted by Gasteiger charge is 2.12. The molecule has 4 heteroatoms. The van der Waals surface area contributed by atoms with Crippen LogP contribution in [0, 0.1) is 5.82 Å². The van der Waals surface area contributed by atoms with E-state index in [1.807, 2.05) is 0 Å². The van der Waals surface area contributed by atoms with Gasteiger partial charge in [-0.25, -0.2) is 4.39 Å². The lowest BCUT2D eigenvalue weighted by molar-refractivity contribution is 0.101. The molecule has 1 rings (SSSR count).